The number of carbonyl (C=O) groups is 1. The average Bonchev–Trinajstić information content (AvgIpc) is 3.20. The van der Waals surface area contributed by atoms with E-state index in [9.17, 15) is 20.1 Å². The molecule has 0 bridgehead atoms. The van der Waals surface area contributed by atoms with Crippen LogP contribution >= 0.6 is 0 Å². The van der Waals surface area contributed by atoms with Crippen molar-refractivity contribution in [3.05, 3.63) is 12.2 Å². The van der Waals surface area contributed by atoms with E-state index in [4.69, 9.17) is 0 Å². The summed E-state index contributed by atoms with van der Waals surface area (Å²) < 4.78 is 0. The topological polar surface area (TPSA) is 89.8 Å². The fraction of sp³-hybridized carbons (Fsp3) is 0.942. The standard InChI is InChI=1S/C52H103NO4/c1-3-5-7-9-11-13-15-17-19-20-21-22-23-24-25-26-27-28-29-30-31-32-33-35-37-39-41-43-45-49(55)47-52(57)53-50(48-54)51(56)46-44-42-40-38-36-34-18-16-14-12-10-8-6-4-2/h44,46,49-51,54-56H,3-43,45,47-48H2,1-2H3,(H,53,57)/b46-44+. The highest BCUT2D eigenvalue weighted by Gasteiger charge is 2.20. The Morgan fingerprint density at radius 1 is 0.439 bits per heavy atom. The second-order valence-corrected chi connectivity index (χ2v) is 18.1. The van der Waals surface area contributed by atoms with E-state index >= 15 is 0 Å². The minimum absolute atomic E-state index is 0.0191. The van der Waals surface area contributed by atoms with Crippen molar-refractivity contribution in [2.75, 3.05) is 6.61 Å². The molecule has 0 aliphatic heterocycles. The monoisotopic (exact) mass is 806 g/mol. The molecule has 0 aromatic carbocycles. The minimum atomic E-state index is -0.924. The predicted molar refractivity (Wildman–Crippen MR) is 250 cm³/mol. The van der Waals surface area contributed by atoms with Crippen LogP contribution in [0.25, 0.3) is 0 Å². The molecular formula is C52H103NO4. The zero-order valence-electron chi connectivity index (χ0n) is 38.7. The molecule has 1 amide bonds. The Balaban J connectivity index is 3.50. The Morgan fingerprint density at radius 2 is 0.719 bits per heavy atom. The van der Waals surface area contributed by atoms with Crippen LogP contribution in [-0.4, -0.2) is 46.1 Å². The van der Waals surface area contributed by atoms with Gasteiger partial charge in [-0.05, 0) is 19.3 Å². The summed E-state index contributed by atoms with van der Waals surface area (Å²) in [7, 11) is 0. The molecule has 0 heterocycles. The first-order valence-corrected chi connectivity index (χ1v) is 26.0. The summed E-state index contributed by atoms with van der Waals surface area (Å²) in [5.41, 5.74) is 0. The van der Waals surface area contributed by atoms with Crippen molar-refractivity contribution in [3.8, 4) is 0 Å². The number of nitrogens with one attached hydrogen (secondary N) is 1. The van der Waals surface area contributed by atoms with Crippen molar-refractivity contribution < 1.29 is 20.1 Å². The van der Waals surface area contributed by atoms with Crippen molar-refractivity contribution in [2.45, 2.75) is 308 Å². The summed E-state index contributed by atoms with van der Waals surface area (Å²) in [5.74, 6) is -0.310. The van der Waals surface area contributed by atoms with Gasteiger partial charge in [0.15, 0.2) is 0 Å². The number of unbranched alkanes of at least 4 members (excludes halogenated alkanes) is 39. The van der Waals surface area contributed by atoms with E-state index in [-0.39, 0.29) is 18.9 Å². The minimum Gasteiger partial charge on any atom is -0.394 e. The summed E-state index contributed by atoms with van der Waals surface area (Å²) >= 11 is 0. The van der Waals surface area contributed by atoms with E-state index in [0.29, 0.717) is 6.42 Å². The van der Waals surface area contributed by atoms with E-state index in [1.54, 1.807) is 6.08 Å². The van der Waals surface area contributed by atoms with Gasteiger partial charge in [-0.25, -0.2) is 0 Å². The highest BCUT2D eigenvalue weighted by molar-refractivity contribution is 5.76. The Kier molecular flexibility index (Phi) is 47.0. The summed E-state index contributed by atoms with van der Waals surface area (Å²) in [6, 6.07) is -0.739. The molecule has 3 unspecified atom stereocenters. The van der Waals surface area contributed by atoms with E-state index < -0.39 is 18.2 Å². The molecule has 0 aromatic rings. The number of aliphatic hydroxyl groups is 3. The Bertz CT molecular complexity index is 803. The van der Waals surface area contributed by atoms with Gasteiger partial charge in [-0.3, -0.25) is 4.79 Å². The first-order valence-electron chi connectivity index (χ1n) is 26.0. The SMILES string of the molecule is CCCCCCCCCCCCCC/C=C/C(O)C(CO)NC(=O)CC(O)CCCCCCCCCCCCCCCCCCCCCCCCCCCCCC. The highest BCUT2D eigenvalue weighted by atomic mass is 16.3. The lowest BCUT2D eigenvalue weighted by atomic mass is 10.0. The fourth-order valence-corrected chi connectivity index (χ4v) is 8.34. The van der Waals surface area contributed by atoms with E-state index in [1.807, 2.05) is 6.08 Å². The van der Waals surface area contributed by atoms with Crippen LogP contribution in [0, 0.1) is 0 Å². The Morgan fingerprint density at radius 3 is 1.02 bits per heavy atom. The molecule has 0 saturated heterocycles. The maximum absolute atomic E-state index is 12.5. The maximum atomic E-state index is 12.5. The quantitative estimate of drug-likeness (QED) is 0.0364. The van der Waals surface area contributed by atoms with E-state index in [2.05, 4.69) is 19.2 Å². The van der Waals surface area contributed by atoms with E-state index in [1.165, 1.54) is 238 Å². The fourth-order valence-electron chi connectivity index (χ4n) is 8.34. The van der Waals surface area contributed by atoms with Crippen molar-refractivity contribution in [3.63, 3.8) is 0 Å². The Labute approximate surface area is 357 Å². The number of aliphatic hydroxyl groups excluding tert-OH is 3. The molecule has 3 atom stereocenters. The van der Waals surface area contributed by atoms with Crippen LogP contribution < -0.4 is 5.32 Å². The third-order valence-electron chi connectivity index (χ3n) is 12.3. The van der Waals surface area contributed by atoms with Crippen LogP contribution in [0.3, 0.4) is 0 Å². The molecule has 57 heavy (non-hydrogen) atoms. The molecule has 0 fully saturated rings. The summed E-state index contributed by atoms with van der Waals surface area (Å²) in [6.07, 6.45) is 58.2. The molecule has 0 aliphatic carbocycles. The number of carbonyl (C=O) groups excluding carboxylic acids is 1. The molecule has 4 N–H and O–H groups in total. The number of rotatable bonds is 48. The number of allylic oxidation sites excluding steroid dienone is 1. The molecule has 0 rings (SSSR count). The summed E-state index contributed by atoms with van der Waals surface area (Å²) in [6.45, 7) is 4.24. The maximum Gasteiger partial charge on any atom is 0.222 e. The Hall–Kier alpha value is -0.910. The zero-order chi connectivity index (χ0) is 41.5. The van der Waals surface area contributed by atoms with Crippen molar-refractivity contribution in [1.29, 1.82) is 0 Å². The van der Waals surface area contributed by atoms with Gasteiger partial charge < -0.3 is 20.6 Å². The molecular weight excluding hydrogens is 703 g/mol. The first-order chi connectivity index (χ1) is 28.0. The third kappa shape index (κ3) is 44.5. The van der Waals surface area contributed by atoms with Gasteiger partial charge in [-0.2, -0.15) is 0 Å². The van der Waals surface area contributed by atoms with Crippen LogP contribution in [0.15, 0.2) is 12.2 Å². The van der Waals surface area contributed by atoms with Crippen LogP contribution in [-0.2, 0) is 4.79 Å². The molecule has 0 aromatic heterocycles. The predicted octanol–water partition coefficient (Wildman–Crippen LogP) is 15.6. The second kappa shape index (κ2) is 47.8. The van der Waals surface area contributed by atoms with Crippen LogP contribution in [0.2, 0.25) is 0 Å². The first kappa shape index (κ1) is 56.1. The molecule has 0 spiro atoms. The van der Waals surface area contributed by atoms with Gasteiger partial charge in [0.05, 0.1) is 31.3 Å². The van der Waals surface area contributed by atoms with Crippen molar-refractivity contribution in [1.82, 2.24) is 5.32 Å². The van der Waals surface area contributed by atoms with Crippen molar-refractivity contribution >= 4 is 5.91 Å². The second-order valence-electron chi connectivity index (χ2n) is 18.1. The van der Waals surface area contributed by atoms with Crippen LogP contribution in [0.5, 0.6) is 0 Å². The lowest BCUT2D eigenvalue weighted by Gasteiger charge is -2.21. The largest absolute Gasteiger partial charge is 0.394 e. The summed E-state index contributed by atoms with van der Waals surface area (Å²) in [4.78, 5) is 12.5. The normalized spacial score (nSPS) is 13.4. The zero-order valence-corrected chi connectivity index (χ0v) is 38.7. The molecule has 5 nitrogen and oxygen atoms in total. The van der Waals surface area contributed by atoms with Gasteiger partial charge >= 0.3 is 0 Å². The third-order valence-corrected chi connectivity index (χ3v) is 12.3. The van der Waals surface area contributed by atoms with E-state index in [0.717, 1.165) is 25.7 Å². The van der Waals surface area contributed by atoms with Gasteiger partial charge in [0.1, 0.15) is 0 Å². The average molecular weight is 806 g/mol. The number of hydrogen-bond acceptors (Lipinski definition) is 4. The molecule has 0 saturated carbocycles. The van der Waals surface area contributed by atoms with Gasteiger partial charge in [0.2, 0.25) is 5.91 Å². The van der Waals surface area contributed by atoms with Gasteiger partial charge in [0, 0.05) is 0 Å². The highest BCUT2D eigenvalue weighted by Crippen LogP contribution is 2.18. The van der Waals surface area contributed by atoms with Crippen molar-refractivity contribution in [2.24, 2.45) is 0 Å². The smallest absolute Gasteiger partial charge is 0.222 e. The van der Waals surface area contributed by atoms with Crippen LogP contribution in [0.1, 0.15) is 290 Å². The number of hydrogen-bond donors (Lipinski definition) is 4. The molecule has 0 aliphatic rings. The molecule has 5 heteroatoms. The molecule has 340 valence electrons. The summed E-state index contributed by atoms with van der Waals surface area (Å²) in [5, 5.41) is 33.3. The van der Waals surface area contributed by atoms with Gasteiger partial charge in [-0.15, -0.1) is 0 Å². The lowest BCUT2D eigenvalue weighted by Crippen LogP contribution is -2.45. The molecule has 0 radical (unpaired) electrons. The van der Waals surface area contributed by atoms with Gasteiger partial charge in [-0.1, -0.05) is 276 Å². The lowest BCUT2D eigenvalue weighted by molar-refractivity contribution is -0.124. The van der Waals surface area contributed by atoms with Crippen LogP contribution in [0.4, 0.5) is 0 Å². The van der Waals surface area contributed by atoms with Gasteiger partial charge in [0.25, 0.3) is 0 Å². The number of amides is 1.